The summed E-state index contributed by atoms with van der Waals surface area (Å²) in [4.78, 5) is 2.97. The molecular formula is C12H7F6NS. The van der Waals surface area contributed by atoms with Gasteiger partial charge in [0.2, 0.25) is 0 Å². The topological polar surface area (TPSA) is 12.4 Å². The molecule has 0 N–H and O–H groups in total. The summed E-state index contributed by atoms with van der Waals surface area (Å²) >= 11 is 0.720. The highest BCUT2D eigenvalue weighted by molar-refractivity contribution is 8.16. The summed E-state index contributed by atoms with van der Waals surface area (Å²) in [5, 5.41) is 0.457. The number of hydrogen-bond donors (Lipinski definition) is 0. The molecule has 0 saturated carbocycles. The van der Waals surface area contributed by atoms with Crippen molar-refractivity contribution >= 4 is 16.8 Å². The fraction of sp³-hybridized carbons (Fsp3) is 0.250. The predicted molar refractivity (Wildman–Crippen MR) is 64.6 cm³/mol. The Balaban J connectivity index is 2.57. The molecule has 1 aliphatic heterocycles. The van der Waals surface area contributed by atoms with Gasteiger partial charge in [0.25, 0.3) is 5.54 Å². The molecule has 0 saturated heterocycles. The van der Waals surface area contributed by atoms with Crippen molar-refractivity contribution in [3.05, 3.63) is 47.4 Å². The van der Waals surface area contributed by atoms with Gasteiger partial charge in [-0.1, -0.05) is 42.1 Å². The Bertz CT molecular complexity index is 529. The first-order chi connectivity index (χ1) is 9.17. The lowest BCUT2D eigenvalue weighted by Gasteiger charge is -2.33. The average molecular weight is 311 g/mol. The van der Waals surface area contributed by atoms with Crippen LogP contribution in [0.5, 0.6) is 0 Å². The van der Waals surface area contributed by atoms with E-state index in [1.165, 1.54) is 24.3 Å². The SMILES string of the molecule is FC(F)(F)C1(C(F)(F)F)C=CSC(c2ccccc2)=N1. The monoisotopic (exact) mass is 311 g/mol. The third-order valence-corrected chi connectivity index (χ3v) is 3.47. The zero-order valence-corrected chi connectivity index (χ0v) is 10.5. The first-order valence-corrected chi connectivity index (χ1v) is 6.18. The van der Waals surface area contributed by atoms with Gasteiger partial charge in [-0.2, -0.15) is 26.3 Å². The minimum atomic E-state index is -5.55. The fourth-order valence-electron chi connectivity index (χ4n) is 1.61. The second-order valence-electron chi connectivity index (χ2n) is 3.97. The number of halogens is 6. The molecule has 1 aromatic carbocycles. The van der Waals surface area contributed by atoms with Gasteiger partial charge in [-0.15, -0.1) is 0 Å². The summed E-state index contributed by atoms with van der Waals surface area (Å²) in [5.74, 6) is 0. The van der Waals surface area contributed by atoms with Gasteiger partial charge in [-0.3, -0.25) is 0 Å². The van der Waals surface area contributed by atoms with Crippen LogP contribution >= 0.6 is 11.8 Å². The van der Waals surface area contributed by atoms with Gasteiger partial charge in [-0.05, 0) is 11.5 Å². The van der Waals surface area contributed by atoms with Gasteiger partial charge in [0.15, 0.2) is 0 Å². The Hall–Kier alpha value is -1.44. The lowest BCUT2D eigenvalue weighted by molar-refractivity contribution is -0.278. The molecule has 2 rings (SSSR count). The third-order valence-electron chi connectivity index (χ3n) is 2.65. The van der Waals surface area contributed by atoms with Crippen LogP contribution in [0.15, 0.2) is 46.8 Å². The number of nitrogens with zero attached hydrogens (tertiary/aromatic N) is 1. The molecule has 0 unspecified atom stereocenters. The molecule has 0 radical (unpaired) electrons. The van der Waals surface area contributed by atoms with Crippen molar-refractivity contribution in [2.24, 2.45) is 4.99 Å². The van der Waals surface area contributed by atoms with Crippen molar-refractivity contribution in [1.29, 1.82) is 0 Å². The quantitative estimate of drug-likeness (QED) is 0.693. The Kier molecular flexibility index (Phi) is 3.62. The molecule has 1 aliphatic rings. The summed E-state index contributed by atoms with van der Waals surface area (Å²) in [6.07, 6.45) is -11.1. The average Bonchev–Trinajstić information content (AvgIpc) is 2.37. The van der Waals surface area contributed by atoms with E-state index in [1.54, 1.807) is 6.07 Å². The van der Waals surface area contributed by atoms with E-state index < -0.39 is 17.9 Å². The third kappa shape index (κ3) is 2.44. The van der Waals surface area contributed by atoms with Crippen molar-refractivity contribution in [1.82, 2.24) is 0 Å². The zero-order chi connectivity index (χ0) is 15.0. The summed E-state index contributed by atoms with van der Waals surface area (Å²) in [6.45, 7) is 0. The molecule has 8 heteroatoms. The molecule has 1 heterocycles. The molecule has 0 atom stereocenters. The maximum atomic E-state index is 12.9. The molecule has 0 fully saturated rings. The highest BCUT2D eigenvalue weighted by atomic mass is 32.2. The van der Waals surface area contributed by atoms with E-state index in [-0.39, 0.29) is 16.7 Å². The number of aliphatic imine (C=N–C) groups is 1. The number of hydrogen-bond acceptors (Lipinski definition) is 2. The molecule has 20 heavy (non-hydrogen) atoms. The van der Waals surface area contributed by atoms with Gasteiger partial charge >= 0.3 is 12.4 Å². The fourth-order valence-corrected chi connectivity index (χ4v) is 2.47. The van der Waals surface area contributed by atoms with Crippen molar-refractivity contribution in [3.8, 4) is 0 Å². The van der Waals surface area contributed by atoms with Gasteiger partial charge in [0.05, 0.1) is 0 Å². The van der Waals surface area contributed by atoms with Gasteiger partial charge in [0, 0.05) is 5.56 Å². The lowest BCUT2D eigenvalue weighted by atomic mass is 9.99. The standard InChI is InChI=1S/C12H7F6NS/c13-11(14,15)10(12(16,17)18)6-7-20-9(19-10)8-4-2-1-3-5-8/h1-7H. The van der Waals surface area contributed by atoms with Crippen LogP contribution < -0.4 is 0 Å². The molecule has 0 aliphatic carbocycles. The first-order valence-electron chi connectivity index (χ1n) is 5.30. The van der Waals surface area contributed by atoms with Crippen molar-refractivity contribution in [2.45, 2.75) is 17.9 Å². The maximum absolute atomic E-state index is 12.9. The first kappa shape index (κ1) is 15.0. The molecular weight excluding hydrogens is 304 g/mol. The largest absolute Gasteiger partial charge is 0.426 e. The normalized spacial score (nSPS) is 18.8. The smallest absolute Gasteiger partial charge is 0.248 e. The Morgan fingerprint density at radius 1 is 0.900 bits per heavy atom. The minimum Gasteiger partial charge on any atom is -0.248 e. The van der Waals surface area contributed by atoms with E-state index in [4.69, 9.17) is 0 Å². The number of rotatable bonds is 1. The molecule has 0 amide bonds. The van der Waals surface area contributed by atoms with Crippen LogP contribution in [0.25, 0.3) is 0 Å². The van der Waals surface area contributed by atoms with Crippen molar-refractivity contribution in [3.63, 3.8) is 0 Å². The number of thioether (sulfide) groups is 1. The summed E-state index contributed by atoms with van der Waals surface area (Å²) in [5.41, 5.74) is -3.98. The second-order valence-corrected chi connectivity index (χ2v) is 4.86. The molecule has 0 spiro atoms. The predicted octanol–water partition coefficient (Wildman–Crippen LogP) is 4.56. The van der Waals surface area contributed by atoms with Crippen LogP contribution in [-0.4, -0.2) is 22.9 Å². The van der Waals surface area contributed by atoms with Crippen LogP contribution in [0.1, 0.15) is 5.56 Å². The lowest BCUT2D eigenvalue weighted by Crippen LogP contribution is -2.54. The number of benzene rings is 1. The van der Waals surface area contributed by atoms with Crippen LogP contribution in [0.2, 0.25) is 0 Å². The highest BCUT2D eigenvalue weighted by Gasteiger charge is 2.70. The second kappa shape index (κ2) is 4.83. The Morgan fingerprint density at radius 3 is 1.95 bits per heavy atom. The maximum Gasteiger partial charge on any atom is 0.426 e. The van der Waals surface area contributed by atoms with E-state index in [0.29, 0.717) is 0 Å². The van der Waals surface area contributed by atoms with E-state index in [9.17, 15) is 26.3 Å². The van der Waals surface area contributed by atoms with E-state index in [1.807, 2.05) is 0 Å². The zero-order valence-electron chi connectivity index (χ0n) is 9.66. The summed E-state index contributed by atoms with van der Waals surface area (Å²) in [7, 11) is 0. The number of alkyl halides is 6. The highest BCUT2D eigenvalue weighted by Crippen LogP contribution is 2.49. The molecule has 0 bridgehead atoms. The Labute approximate surface area is 114 Å². The summed E-state index contributed by atoms with van der Waals surface area (Å²) < 4.78 is 77.4. The molecule has 0 aromatic heterocycles. The van der Waals surface area contributed by atoms with E-state index >= 15 is 0 Å². The van der Waals surface area contributed by atoms with Gasteiger partial charge in [0.1, 0.15) is 5.04 Å². The van der Waals surface area contributed by atoms with Crippen LogP contribution in [0, 0.1) is 0 Å². The van der Waals surface area contributed by atoms with Gasteiger partial charge in [-0.25, -0.2) is 4.99 Å². The molecule has 1 nitrogen and oxygen atoms in total. The minimum absolute atomic E-state index is 0.0457. The molecule has 1 aromatic rings. The van der Waals surface area contributed by atoms with Gasteiger partial charge < -0.3 is 0 Å². The molecule has 108 valence electrons. The van der Waals surface area contributed by atoms with Crippen molar-refractivity contribution < 1.29 is 26.3 Å². The van der Waals surface area contributed by atoms with Crippen molar-refractivity contribution in [2.75, 3.05) is 0 Å². The van der Waals surface area contributed by atoms with Crippen LogP contribution in [0.4, 0.5) is 26.3 Å². The van der Waals surface area contributed by atoms with E-state index in [0.717, 1.165) is 17.2 Å². The summed E-state index contributed by atoms with van der Waals surface area (Å²) in [6, 6.07) is 7.44. The van der Waals surface area contributed by atoms with Crippen LogP contribution in [-0.2, 0) is 0 Å². The van der Waals surface area contributed by atoms with Crippen LogP contribution in [0.3, 0.4) is 0 Å². The Morgan fingerprint density at radius 2 is 1.45 bits per heavy atom. The van der Waals surface area contributed by atoms with E-state index in [2.05, 4.69) is 4.99 Å².